The third-order valence-corrected chi connectivity index (χ3v) is 9.27. The van der Waals surface area contributed by atoms with Gasteiger partial charge in [0.2, 0.25) is 5.91 Å². The fraction of sp³-hybridized carbons (Fsp3) is 0.963. The monoisotopic (exact) mass is 553 g/mol. The molecule has 10 N–H and O–H groups in total. The Morgan fingerprint density at radius 3 is 2.74 bits per heavy atom. The molecule has 8 atom stereocenters. The van der Waals surface area contributed by atoms with Crippen molar-refractivity contribution in [3.05, 3.63) is 0 Å². The van der Waals surface area contributed by atoms with Gasteiger partial charge in [-0.05, 0) is 63.6 Å². The number of aliphatic hydroxyl groups is 2. The number of hydrazine groups is 1. The van der Waals surface area contributed by atoms with E-state index in [9.17, 15) is 9.90 Å². The van der Waals surface area contributed by atoms with Crippen molar-refractivity contribution < 1.29 is 15.0 Å². The van der Waals surface area contributed by atoms with Crippen molar-refractivity contribution in [2.75, 3.05) is 65.6 Å². The summed E-state index contributed by atoms with van der Waals surface area (Å²) >= 11 is 0. The first-order valence-electron chi connectivity index (χ1n) is 15.5. The zero-order valence-electron chi connectivity index (χ0n) is 23.9. The lowest BCUT2D eigenvalue weighted by molar-refractivity contribution is -0.126. The van der Waals surface area contributed by atoms with Gasteiger partial charge in [-0.15, -0.1) is 0 Å². The molecule has 226 valence electrons. The molecule has 3 aliphatic heterocycles. The molecule has 0 aromatic heterocycles. The number of rotatable bonds is 14. The van der Waals surface area contributed by atoms with Crippen LogP contribution in [0, 0.1) is 17.8 Å². The van der Waals surface area contributed by atoms with Gasteiger partial charge >= 0.3 is 0 Å². The van der Waals surface area contributed by atoms with E-state index < -0.39 is 6.10 Å². The molecule has 4 rings (SSSR count). The zero-order valence-corrected chi connectivity index (χ0v) is 23.9. The quantitative estimate of drug-likeness (QED) is 0.107. The maximum absolute atomic E-state index is 13.1. The van der Waals surface area contributed by atoms with Crippen LogP contribution in [0.1, 0.15) is 51.9 Å². The first-order valence-corrected chi connectivity index (χ1v) is 15.5. The van der Waals surface area contributed by atoms with Gasteiger partial charge in [0.1, 0.15) is 0 Å². The molecule has 0 spiro atoms. The van der Waals surface area contributed by atoms with E-state index in [-0.39, 0.29) is 30.8 Å². The van der Waals surface area contributed by atoms with Crippen LogP contribution in [0.15, 0.2) is 0 Å². The van der Waals surface area contributed by atoms with Crippen LogP contribution in [0.2, 0.25) is 0 Å². The SMILES string of the molecule is CCC1CNCCC1CNC(=O)C1CCCC(NCC2NNC(C3CCNCN3)N2CCNC[C@H](O)CO)C1. The molecule has 4 fully saturated rings. The van der Waals surface area contributed by atoms with Crippen molar-refractivity contribution in [3.63, 3.8) is 0 Å². The number of nitrogens with zero attached hydrogens (tertiary/aromatic N) is 1. The molecule has 1 saturated carbocycles. The molecule has 0 radical (unpaired) electrons. The second-order valence-electron chi connectivity index (χ2n) is 11.9. The van der Waals surface area contributed by atoms with E-state index in [4.69, 9.17) is 5.11 Å². The smallest absolute Gasteiger partial charge is 0.223 e. The van der Waals surface area contributed by atoms with Crippen LogP contribution >= 0.6 is 0 Å². The molecular weight excluding hydrogens is 498 g/mol. The van der Waals surface area contributed by atoms with E-state index in [1.54, 1.807) is 0 Å². The summed E-state index contributed by atoms with van der Waals surface area (Å²) in [6.45, 7) is 9.48. The molecule has 7 unspecified atom stereocenters. The number of carbonyl (C=O) groups is 1. The maximum Gasteiger partial charge on any atom is 0.223 e. The number of carbonyl (C=O) groups excluding carboxylic acids is 1. The summed E-state index contributed by atoms with van der Waals surface area (Å²) in [6, 6.07) is 0.677. The van der Waals surface area contributed by atoms with Crippen molar-refractivity contribution >= 4 is 5.91 Å². The Morgan fingerprint density at radius 1 is 1.08 bits per heavy atom. The van der Waals surface area contributed by atoms with E-state index in [0.717, 1.165) is 91.0 Å². The minimum absolute atomic E-state index is 0.0950. The molecule has 12 nitrogen and oxygen atoms in total. The molecule has 4 aliphatic rings. The van der Waals surface area contributed by atoms with Crippen LogP contribution in [0.5, 0.6) is 0 Å². The van der Waals surface area contributed by atoms with Crippen molar-refractivity contribution in [1.29, 1.82) is 0 Å². The highest BCUT2D eigenvalue weighted by molar-refractivity contribution is 5.78. The molecule has 1 amide bonds. The fourth-order valence-electron chi connectivity index (χ4n) is 6.79. The van der Waals surface area contributed by atoms with Gasteiger partial charge in [0.25, 0.3) is 0 Å². The molecule has 3 heterocycles. The highest BCUT2D eigenvalue weighted by Crippen LogP contribution is 2.26. The predicted octanol–water partition coefficient (Wildman–Crippen LogP) is -2.20. The van der Waals surface area contributed by atoms with E-state index in [1.807, 2.05) is 0 Å². The van der Waals surface area contributed by atoms with Gasteiger partial charge in [-0.25, -0.2) is 10.9 Å². The lowest BCUT2D eigenvalue weighted by Crippen LogP contribution is -2.59. The summed E-state index contributed by atoms with van der Waals surface area (Å²) < 4.78 is 0. The van der Waals surface area contributed by atoms with Crippen molar-refractivity contribution in [1.82, 2.24) is 47.7 Å². The topological polar surface area (TPSA) is 157 Å². The highest BCUT2D eigenvalue weighted by Gasteiger charge is 2.38. The third kappa shape index (κ3) is 9.29. The van der Waals surface area contributed by atoms with Gasteiger partial charge in [-0.3, -0.25) is 15.0 Å². The van der Waals surface area contributed by atoms with Gasteiger partial charge in [0, 0.05) is 57.4 Å². The Bertz CT molecular complexity index is 714. The predicted molar refractivity (Wildman–Crippen MR) is 152 cm³/mol. The second kappa shape index (κ2) is 16.5. The average molecular weight is 554 g/mol. The number of hydrogen-bond acceptors (Lipinski definition) is 11. The molecule has 0 bridgehead atoms. The Hall–Kier alpha value is -0.930. The van der Waals surface area contributed by atoms with E-state index in [0.29, 0.717) is 30.5 Å². The number of hydrogen-bond donors (Lipinski definition) is 10. The lowest BCUT2D eigenvalue weighted by atomic mass is 9.83. The van der Waals surface area contributed by atoms with Gasteiger partial charge in [-0.2, -0.15) is 0 Å². The second-order valence-corrected chi connectivity index (χ2v) is 11.9. The molecule has 1 aliphatic carbocycles. The summed E-state index contributed by atoms with van der Waals surface area (Å²) in [7, 11) is 0. The summed E-state index contributed by atoms with van der Waals surface area (Å²) in [5.74, 6) is 1.59. The minimum Gasteiger partial charge on any atom is -0.394 e. The molecule has 12 heteroatoms. The van der Waals surface area contributed by atoms with Crippen molar-refractivity contribution in [2.24, 2.45) is 17.8 Å². The van der Waals surface area contributed by atoms with Crippen molar-refractivity contribution in [2.45, 2.75) is 82.4 Å². The standard InChI is InChI=1S/C27H55N9O3/c1-2-19-13-28-8-6-21(19)14-32-27(39)20-4-3-5-22(12-20)31-16-25-34-35-26(24-7-9-30-18-33-24)36(25)11-10-29-15-23(38)17-37/h19-26,28-31,33-35,37-38H,2-18H2,1H3,(H,32,39)/t19?,20?,21?,22?,23-,24?,25?,26?/m0/s1. The van der Waals surface area contributed by atoms with Gasteiger partial charge in [0.05, 0.1) is 25.0 Å². The summed E-state index contributed by atoms with van der Waals surface area (Å²) in [6.07, 6.45) is 6.98. The van der Waals surface area contributed by atoms with Crippen LogP contribution < -0.4 is 42.8 Å². The number of piperidine rings is 1. The molecule has 39 heavy (non-hydrogen) atoms. The summed E-state index contributed by atoms with van der Waals surface area (Å²) in [5, 5.41) is 39.5. The highest BCUT2D eigenvalue weighted by atomic mass is 16.3. The largest absolute Gasteiger partial charge is 0.394 e. The maximum atomic E-state index is 13.1. The average Bonchev–Trinajstić information content (AvgIpc) is 3.40. The van der Waals surface area contributed by atoms with Gasteiger partial charge in [-0.1, -0.05) is 19.8 Å². The molecule has 3 saturated heterocycles. The van der Waals surface area contributed by atoms with Gasteiger partial charge in [0.15, 0.2) is 0 Å². The molecule has 0 aromatic rings. The van der Waals surface area contributed by atoms with Crippen LogP contribution in [0.3, 0.4) is 0 Å². The normalized spacial score (nSPS) is 35.1. The van der Waals surface area contributed by atoms with Crippen molar-refractivity contribution in [3.8, 4) is 0 Å². The molecule has 0 aromatic carbocycles. The summed E-state index contributed by atoms with van der Waals surface area (Å²) in [4.78, 5) is 15.5. The minimum atomic E-state index is -0.733. The number of aliphatic hydroxyl groups excluding tert-OH is 2. The first kappa shape index (κ1) is 31.0. The lowest BCUT2D eigenvalue weighted by Gasteiger charge is -2.37. The van der Waals surface area contributed by atoms with Crippen LogP contribution in [-0.4, -0.2) is 117 Å². The Labute approximate surface area is 234 Å². The number of amides is 1. The first-order chi connectivity index (χ1) is 19.1. The Kier molecular flexibility index (Phi) is 13.1. The van der Waals surface area contributed by atoms with E-state index in [2.05, 4.69) is 54.6 Å². The van der Waals surface area contributed by atoms with Crippen LogP contribution in [-0.2, 0) is 4.79 Å². The zero-order chi connectivity index (χ0) is 27.5. The van der Waals surface area contributed by atoms with Crippen LogP contribution in [0.4, 0.5) is 0 Å². The van der Waals surface area contributed by atoms with E-state index in [1.165, 1.54) is 6.42 Å². The summed E-state index contributed by atoms with van der Waals surface area (Å²) in [5.41, 5.74) is 7.02. The van der Waals surface area contributed by atoms with Crippen LogP contribution in [0.25, 0.3) is 0 Å². The third-order valence-electron chi connectivity index (χ3n) is 9.27. The number of nitrogens with one attached hydrogen (secondary N) is 8. The Balaban J connectivity index is 1.24. The fourth-order valence-corrected chi connectivity index (χ4v) is 6.79. The van der Waals surface area contributed by atoms with Gasteiger partial charge < -0.3 is 36.8 Å². The van der Waals surface area contributed by atoms with E-state index >= 15 is 0 Å². The Morgan fingerprint density at radius 2 is 1.95 bits per heavy atom. The molecular formula is C27H55N9O3.